The Morgan fingerprint density at radius 1 is 0.971 bits per heavy atom. The molecule has 34 heavy (non-hydrogen) atoms. The molecule has 0 unspecified atom stereocenters. The SMILES string of the molecule is NC(=O)Nc1ccc(-c2cnc3nc(-c4cc(NC(=O)c5ccco5)ccc4Cl)[nH]c3c2)cc1. The molecule has 0 radical (unpaired) electrons. The number of furan rings is 1. The van der Waals surface area contributed by atoms with Gasteiger partial charge in [0.2, 0.25) is 0 Å². The summed E-state index contributed by atoms with van der Waals surface area (Å²) in [4.78, 5) is 35.5. The summed E-state index contributed by atoms with van der Waals surface area (Å²) < 4.78 is 5.13. The van der Waals surface area contributed by atoms with E-state index in [9.17, 15) is 9.59 Å². The van der Waals surface area contributed by atoms with E-state index in [1.165, 1.54) is 6.26 Å². The number of hydrogen-bond donors (Lipinski definition) is 4. The smallest absolute Gasteiger partial charge is 0.316 e. The molecule has 3 amide bonds. The number of urea groups is 1. The van der Waals surface area contributed by atoms with Crippen LogP contribution in [0.15, 0.2) is 77.5 Å². The van der Waals surface area contributed by atoms with Gasteiger partial charge in [-0.3, -0.25) is 4.79 Å². The number of anilines is 2. The van der Waals surface area contributed by atoms with Gasteiger partial charge in [-0.1, -0.05) is 23.7 Å². The van der Waals surface area contributed by atoms with Crippen molar-refractivity contribution in [1.82, 2.24) is 15.0 Å². The van der Waals surface area contributed by atoms with Crippen molar-refractivity contribution >= 4 is 46.1 Å². The summed E-state index contributed by atoms with van der Waals surface area (Å²) in [5, 5.41) is 5.77. The normalized spacial score (nSPS) is 10.9. The van der Waals surface area contributed by atoms with Gasteiger partial charge in [-0.25, -0.2) is 14.8 Å². The number of carbonyl (C=O) groups excluding carboxylic acids is 2. The zero-order valence-corrected chi connectivity index (χ0v) is 18.3. The third kappa shape index (κ3) is 4.32. The Balaban J connectivity index is 1.43. The summed E-state index contributed by atoms with van der Waals surface area (Å²) in [6, 6.07) is 16.9. The van der Waals surface area contributed by atoms with Crippen LogP contribution in [0.3, 0.4) is 0 Å². The highest BCUT2D eigenvalue weighted by molar-refractivity contribution is 6.33. The Hall–Kier alpha value is -4.63. The Morgan fingerprint density at radius 2 is 1.76 bits per heavy atom. The first-order chi connectivity index (χ1) is 16.5. The van der Waals surface area contributed by atoms with Crippen LogP contribution < -0.4 is 16.4 Å². The number of hydrogen-bond acceptors (Lipinski definition) is 5. The first-order valence-electron chi connectivity index (χ1n) is 10.1. The fraction of sp³-hybridized carbons (Fsp3) is 0. The number of halogens is 1. The van der Waals surface area contributed by atoms with E-state index in [1.54, 1.807) is 48.7 Å². The number of nitrogens with two attached hydrogens (primary N) is 1. The topological polar surface area (TPSA) is 139 Å². The molecule has 0 bridgehead atoms. The Kier molecular flexibility index (Phi) is 5.44. The van der Waals surface area contributed by atoms with Crippen LogP contribution in [0.4, 0.5) is 16.2 Å². The highest BCUT2D eigenvalue weighted by Gasteiger charge is 2.14. The van der Waals surface area contributed by atoms with E-state index in [1.807, 2.05) is 18.2 Å². The average molecular weight is 473 g/mol. The first kappa shape index (κ1) is 21.2. The van der Waals surface area contributed by atoms with Crippen molar-refractivity contribution in [3.63, 3.8) is 0 Å². The average Bonchev–Trinajstić information content (AvgIpc) is 3.50. The van der Waals surface area contributed by atoms with Crippen molar-refractivity contribution in [2.45, 2.75) is 0 Å². The molecule has 0 spiro atoms. The summed E-state index contributed by atoms with van der Waals surface area (Å²) in [6.45, 7) is 0. The minimum atomic E-state index is -0.621. The molecule has 0 aliphatic rings. The number of aromatic amines is 1. The van der Waals surface area contributed by atoms with Gasteiger partial charge in [-0.05, 0) is 54.1 Å². The number of primary amides is 1. The van der Waals surface area contributed by atoms with Gasteiger partial charge in [0, 0.05) is 28.7 Å². The van der Waals surface area contributed by atoms with E-state index in [0.717, 1.165) is 11.1 Å². The molecule has 10 heteroatoms. The lowest BCUT2D eigenvalue weighted by atomic mass is 10.1. The molecule has 0 aliphatic heterocycles. The van der Waals surface area contributed by atoms with E-state index in [-0.39, 0.29) is 11.7 Å². The van der Waals surface area contributed by atoms with Crippen LogP contribution in [0.5, 0.6) is 0 Å². The van der Waals surface area contributed by atoms with E-state index in [0.29, 0.717) is 38.9 Å². The fourth-order valence-corrected chi connectivity index (χ4v) is 3.67. The van der Waals surface area contributed by atoms with Crippen LogP contribution in [-0.4, -0.2) is 26.9 Å². The number of pyridine rings is 1. The van der Waals surface area contributed by atoms with Gasteiger partial charge in [0.15, 0.2) is 11.4 Å². The maximum absolute atomic E-state index is 12.3. The van der Waals surface area contributed by atoms with Gasteiger partial charge in [0.05, 0.1) is 16.8 Å². The zero-order chi connectivity index (χ0) is 23.7. The monoisotopic (exact) mass is 472 g/mol. The zero-order valence-electron chi connectivity index (χ0n) is 17.5. The molecule has 0 aliphatic carbocycles. The molecule has 0 saturated carbocycles. The number of nitrogens with one attached hydrogen (secondary N) is 3. The minimum Gasteiger partial charge on any atom is -0.459 e. The lowest BCUT2D eigenvalue weighted by Crippen LogP contribution is -2.19. The van der Waals surface area contributed by atoms with Crippen molar-refractivity contribution in [1.29, 1.82) is 0 Å². The van der Waals surface area contributed by atoms with Crippen LogP contribution in [0.25, 0.3) is 33.7 Å². The van der Waals surface area contributed by atoms with Crippen molar-refractivity contribution in [3.05, 3.63) is 83.9 Å². The van der Waals surface area contributed by atoms with Gasteiger partial charge in [0.25, 0.3) is 5.91 Å². The number of fused-ring (bicyclic) bond motifs is 1. The summed E-state index contributed by atoms with van der Waals surface area (Å²) in [5.74, 6) is 0.349. The molecule has 168 valence electrons. The van der Waals surface area contributed by atoms with Crippen LogP contribution in [0, 0.1) is 0 Å². The van der Waals surface area contributed by atoms with E-state index in [2.05, 4.69) is 25.6 Å². The molecule has 3 heterocycles. The summed E-state index contributed by atoms with van der Waals surface area (Å²) in [6.07, 6.45) is 3.15. The first-order valence-corrected chi connectivity index (χ1v) is 10.5. The predicted octanol–water partition coefficient (Wildman–Crippen LogP) is 5.28. The Morgan fingerprint density at radius 3 is 2.50 bits per heavy atom. The standard InChI is InChI=1S/C24H17ClN6O3/c25-18-8-7-16(28-23(32)20-2-1-9-34-20)11-17(18)21-30-19-10-14(12-27-22(19)31-21)13-3-5-15(6-4-13)29-24(26)33/h1-12H,(H,28,32)(H3,26,29,33)(H,27,30,31). The fourth-order valence-electron chi connectivity index (χ4n) is 3.46. The van der Waals surface area contributed by atoms with Gasteiger partial charge in [0.1, 0.15) is 5.82 Å². The Bertz CT molecular complexity index is 1510. The van der Waals surface area contributed by atoms with Gasteiger partial charge in [-0.15, -0.1) is 0 Å². The lowest BCUT2D eigenvalue weighted by Gasteiger charge is -2.07. The second-order valence-corrected chi connectivity index (χ2v) is 7.78. The predicted molar refractivity (Wildman–Crippen MR) is 130 cm³/mol. The molecule has 5 rings (SSSR count). The summed E-state index contributed by atoms with van der Waals surface area (Å²) in [7, 11) is 0. The summed E-state index contributed by atoms with van der Waals surface area (Å²) >= 11 is 6.42. The number of amides is 3. The molecule has 2 aromatic carbocycles. The van der Waals surface area contributed by atoms with Crippen LogP contribution in [0.1, 0.15) is 10.6 Å². The maximum atomic E-state index is 12.3. The molecule has 0 atom stereocenters. The molecule has 5 aromatic rings. The number of rotatable bonds is 5. The van der Waals surface area contributed by atoms with E-state index >= 15 is 0 Å². The second-order valence-electron chi connectivity index (χ2n) is 7.37. The number of imidazole rings is 1. The van der Waals surface area contributed by atoms with Gasteiger partial charge >= 0.3 is 6.03 Å². The van der Waals surface area contributed by atoms with Gasteiger partial charge < -0.3 is 25.8 Å². The van der Waals surface area contributed by atoms with Crippen LogP contribution in [-0.2, 0) is 0 Å². The second kappa shape index (κ2) is 8.72. The van der Waals surface area contributed by atoms with E-state index in [4.69, 9.17) is 21.8 Å². The van der Waals surface area contributed by atoms with Crippen LogP contribution >= 0.6 is 11.6 Å². The highest BCUT2D eigenvalue weighted by atomic mass is 35.5. The quantitative estimate of drug-likeness (QED) is 0.275. The van der Waals surface area contributed by atoms with Crippen molar-refractivity contribution in [3.8, 4) is 22.5 Å². The third-order valence-corrected chi connectivity index (χ3v) is 5.38. The minimum absolute atomic E-state index is 0.204. The molecule has 5 N–H and O–H groups in total. The van der Waals surface area contributed by atoms with Crippen molar-refractivity contribution in [2.24, 2.45) is 5.73 Å². The highest BCUT2D eigenvalue weighted by Crippen LogP contribution is 2.31. The number of benzene rings is 2. The van der Waals surface area contributed by atoms with Crippen molar-refractivity contribution in [2.75, 3.05) is 10.6 Å². The van der Waals surface area contributed by atoms with Crippen LogP contribution in [0.2, 0.25) is 5.02 Å². The Labute approximate surface area is 198 Å². The maximum Gasteiger partial charge on any atom is 0.316 e. The molecule has 0 fully saturated rings. The molecule has 9 nitrogen and oxygen atoms in total. The van der Waals surface area contributed by atoms with E-state index < -0.39 is 6.03 Å². The third-order valence-electron chi connectivity index (χ3n) is 5.05. The van der Waals surface area contributed by atoms with Crippen molar-refractivity contribution < 1.29 is 14.0 Å². The lowest BCUT2D eigenvalue weighted by molar-refractivity contribution is 0.0996. The molecular formula is C24H17ClN6O3. The molecule has 0 saturated heterocycles. The van der Waals surface area contributed by atoms with Gasteiger partial charge in [-0.2, -0.15) is 0 Å². The number of aromatic nitrogens is 3. The summed E-state index contributed by atoms with van der Waals surface area (Å²) in [5.41, 5.74) is 9.90. The molecular weight excluding hydrogens is 456 g/mol. The number of carbonyl (C=O) groups is 2. The largest absolute Gasteiger partial charge is 0.459 e. The number of H-pyrrole nitrogens is 1. The number of nitrogens with zero attached hydrogens (tertiary/aromatic N) is 2. The molecule has 3 aromatic heterocycles.